The number of hydrogen-bond donors (Lipinski definition) is 1. The average molecular weight is 218 g/mol. The first-order valence-electron chi connectivity index (χ1n) is 4.86. The molecule has 6 heteroatoms. The number of rotatable bonds is 4. The largest absolute Gasteiger partial charge is 0.387 e. The molecule has 3 unspecified atom stereocenters. The van der Waals surface area contributed by atoms with Crippen LogP contribution in [-0.2, 0) is 6.42 Å². The number of aliphatic hydroxyl groups is 1. The fourth-order valence-corrected chi connectivity index (χ4v) is 1.45. The van der Waals surface area contributed by atoms with Crippen LogP contribution in [0.15, 0.2) is 4.52 Å². The Balaban J connectivity index is 1.95. The third-order valence-corrected chi connectivity index (χ3v) is 2.60. The maximum atomic E-state index is 12.0. The van der Waals surface area contributed by atoms with Crippen molar-refractivity contribution in [2.75, 3.05) is 0 Å². The maximum absolute atomic E-state index is 12.0. The van der Waals surface area contributed by atoms with Crippen molar-refractivity contribution in [3.05, 3.63) is 11.7 Å². The molecule has 0 radical (unpaired) electrons. The zero-order valence-corrected chi connectivity index (χ0v) is 8.23. The quantitative estimate of drug-likeness (QED) is 0.829. The molecule has 0 aromatic carbocycles. The third kappa shape index (κ3) is 2.31. The van der Waals surface area contributed by atoms with E-state index in [4.69, 9.17) is 9.63 Å². The highest BCUT2D eigenvalue weighted by Crippen LogP contribution is 2.45. The van der Waals surface area contributed by atoms with Gasteiger partial charge in [-0.1, -0.05) is 12.1 Å². The van der Waals surface area contributed by atoms with Crippen molar-refractivity contribution in [3.63, 3.8) is 0 Å². The minimum atomic E-state index is -2.78. The van der Waals surface area contributed by atoms with E-state index in [0.717, 1.165) is 6.42 Å². The smallest absolute Gasteiger partial charge is 0.264 e. The van der Waals surface area contributed by atoms with Crippen LogP contribution in [-0.4, -0.2) is 27.8 Å². The summed E-state index contributed by atoms with van der Waals surface area (Å²) < 4.78 is 28.8. The van der Waals surface area contributed by atoms with Gasteiger partial charge in [-0.25, -0.2) is 8.78 Å². The Hall–Kier alpha value is -1.04. The molecule has 1 aliphatic carbocycles. The first-order chi connectivity index (χ1) is 7.08. The summed E-state index contributed by atoms with van der Waals surface area (Å²) >= 11 is 0. The van der Waals surface area contributed by atoms with E-state index in [1.54, 1.807) is 0 Å². The van der Waals surface area contributed by atoms with Crippen LogP contribution in [0.2, 0.25) is 0 Å². The molecular weight excluding hydrogens is 206 g/mol. The van der Waals surface area contributed by atoms with Gasteiger partial charge in [0.15, 0.2) is 5.82 Å². The fourth-order valence-electron chi connectivity index (χ4n) is 1.45. The van der Waals surface area contributed by atoms with Crippen LogP contribution in [0, 0.1) is 5.92 Å². The molecule has 2 rings (SSSR count). The highest BCUT2D eigenvalue weighted by atomic mass is 19.3. The van der Waals surface area contributed by atoms with Gasteiger partial charge in [-0.2, -0.15) is 4.98 Å². The second-order valence-electron chi connectivity index (χ2n) is 3.97. The van der Waals surface area contributed by atoms with Gasteiger partial charge in [-0.15, -0.1) is 0 Å². The molecule has 1 saturated carbocycles. The van der Waals surface area contributed by atoms with Crippen LogP contribution in [0.25, 0.3) is 0 Å². The molecule has 0 aliphatic heterocycles. The first kappa shape index (κ1) is 10.5. The number of halogens is 2. The summed E-state index contributed by atoms with van der Waals surface area (Å²) in [6.45, 7) is 2.06. The lowest BCUT2D eigenvalue weighted by molar-refractivity contribution is -0.00754. The molecule has 1 aromatic rings. The molecule has 1 fully saturated rings. The average Bonchev–Trinajstić information content (AvgIpc) is 2.73. The third-order valence-electron chi connectivity index (χ3n) is 2.60. The van der Waals surface area contributed by atoms with Gasteiger partial charge in [-0.05, 0) is 12.3 Å². The molecular formula is C9H12F2N2O2. The van der Waals surface area contributed by atoms with Crippen LogP contribution < -0.4 is 0 Å². The molecule has 4 nitrogen and oxygen atoms in total. The minimum absolute atomic E-state index is 0.0805. The number of aliphatic hydroxyl groups excluding tert-OH is 1. The van der Waals surface area contributed by atoms with Crippen molar-refractivity contribution in [1.29, 1.82) is 0 Å². The Bertz CT molecular complexity index is 343. The Kier molecular flexibility index (Phi) is 2.68. The Labute approximate surface area is 85.3 Å². The monoisotopic (exact) mass is 218 g/mol. The van der Waals surface area contributed by atoms with Gasteiger partial charge in [0.1, 0.15) is 6.10 Å². The molecule has 84 valence electrons. The van der Waals surface area contributed by atoms with Gasteiger partial charge in [-0.3, -0.25) is 0 Å². The van der Waals surface area contributed by atoms with Crippen LogP contribution in [0.5, 0.6) is 0 Å². The Morgan fingerprint density at radius 2 is 2.27 bits per heavy atom. The second kappa shape index (κ2) is 3.84. The van der Waals surface area contributed by atoms with Gasteiger partial charge in [0.2, 0.25) is 5.89 Å². The van der Waals surface area contributed by atoms with E-state index in [9.17, 15) is 8.78 Å². The maximum Gasteiger partial charge on any atom is 0.264 e. The normalized spacial score (nSPS) is 27.0. The highest BCUT2D eigenvalue weighted by Gasteiger charge is 2.38. The standard InChI is InChI=1S/C9H12F2N2O2/c1-4-2-5(4)9-12-7(15-13-9)3-6(14)8(10)11/h4-6,8,14H,2-3H2,1H3. The molecule has 3 atom stereocenters. The van der Waals surface area contributed by atoms with Gasteiger partial charge in [0.05, 0.1) is 6.42 Å². The van der Waals surface area contributed by atoms with E-state index < -0.39 is 12.5 Å². The Morgan fingerprint density at radius 3 is 2.80 bits per heavy atom. The fraction of sp³-hybridized carbons (Fsp3) is 0.778. The molecule has 0 spiro atoms. The molecule has 15 heavy (non-hydrogen) atoms. The molecule has 1 aromatic heterocycles. The van der Waals surface area contributed by atoms with E-state index in [2.05, 4.69) is 17.1 Å². The van der Waals surface area contributed by atoms with Gasteiger partial charge >= 0.3 is 0 Å². The lowest BCUT2D eigenvalue weighted by atomic mass is 10.2. The first-order valence-corrected chi connectivity index (χ1v) is 4.86. The van der Waals surface area contributed by atoms with Crippen LogP contribution in [0.4, 0.5) is 8.78 Å². The van der Waals surface area contributed by atoms with Gasteiger partial charge < -0.3 is 9.63 Å². The molecule has 0 amide bonds. The summed E-state index contributed by atoms with van der Waals surface area (Å²) in [7, 11) is 0. The van der Waals surface area contributed by atoms with Crippen molar-refractivity contribution in [2.45, 2.75) is 38.2 Å². The highest BCUT2D eigenvalue weighted by molar-refractivity contribution is 5.07. The van der Waals surface area contributed by atoms with Crippen molar-refractivity contribution in [1.82, 2.24) is 10.1 Å². The summed E-state index contributed by atoms with van der Waals surface area (Å²) in [5, 5.41) is 12.6. The molecule has 1 heterocycles. The van der Waals surface area contributed by atoms with E-state index >= 15 is 0 Å². The second-order valence-corrected chi connectivity index (χ2v) is 3.97. The number of hydrogen-bond acceptors (Lipinski definition) is 4. The number of nitrogens with zero attached hydrogens (tertiary/aromatic N) is 2. The lowest BCUT2D eigenvalue weighted by Gasteiger charge is -2.04. The predicted molar refractivity (Wildman–Crippen MR) is 46.5 cm³/mol. The minimum Gasteiger partial charge on any atom is -0.387 e. The molecule has 0 bridgehead atoms. The Morgan fingerprint density at radius 1 is 1.60 bits per heavy atom. The van der Waals surface area contributed by atoms with Gasteiger partial charge in [0.25, 0.3) is 6.43 Å². The summed E-state index contributed by atoms with van der Waals surface area (Å²) in [5.74, 6) is 1.48. The van der Waals surface area contributed by atoms with Crippen molar-refractivity contribution in [2.24, 2.45) is 5.92 Å². The summed E-state index contributed by atoms with van der Waals surface area (Å²) in [4.78, 5) is 3.97. The van der Waals surface area contributed by atoms with Crippen LogP contribution >= 0.6 is 0 Å². The van der Waals surface area contributed by atoms with Crippen molar-refractivity contribution < 1.29 is 18.4 Å². The SMILES string of the molecule is CC1CC1c1noc(CC(O)C(F)F)n1. The van der Waals surface area contributed by atoms with Crippen LogP contribution in [0.3, 0.4) is 0 Å². The zero-order chi connectivity index (χ0) is 11.0. The summed E-state index contributed by atoms with van der Waals surface area (Å²) in [5.41, 5.74) is 0. The van der Waals surface area contributed by atoms with Gasteiger partial charge in [0, 0.05) is 5.92 Å². The summed E-state index contributed by atoms with van der Waals surface area (Å²) in [6, 6.07) is 0. The van der Waals surface area contributed by atoms with E-state index in [1.807, 2.05) is 0 Å². The number of aromatic nitrogens is 2. The lowest BCUT2D eigenvalue weighted by Crippen LogP contribution is -2.20. The number of alkyl halides is 2. The summed E-state index contributed by atoms with van der Waals surface area (Å²) in [6.07, 6.45) is -3.78. The van der Waals surface area contributed by atoms with E-state index in [1.165, 1.54) is 0 Å². The molecule has 1 N–H and O–H groups in total. The van der Waals surface area contributed by atoms with E-state index in [0.29, 0.717) is 17.7 Å². The molecule has 0 saturated heterocycles. The van der Waals surface area contributed by atoms with Crippen molar-refractivity contribution in [3.8, 4) is 0 Å². The van der Waals surface area contributed by atoms with Crippen molar-refractivity contribution >= 4 is 0 Å². The van der Waals surface area contributed by atoms with E-state index in [-0.39, 0.29) is 12.3 Å². The molecule has 1 aliphatic rings. The van der Waals surface area contributed by atoms with Crippen LogP contribution in [0.1, 0.15) is 31.0 Å². The topological polar surface area (TPSA) is 59.2 Å². The predicted octanol–water partition coefficient (Wildman–Crippen LogP) is 1.36. The zero-order valence-electron chi connectivity index (χ0n) is 8.23.